The Hall–Kier alpha value is -2.06. The Labute approximate surface area is 136 Å². The number of carbonyl (C=O) groups is 1. The Bertz CT molecular complexity index is 717. The van der Waals surface area contributed by atoms with Gasteiger partial charge in [-0.05, 0) is 61.2 Å². The largest absolute Gasteiger partial charge is 0.508 e. The summed E-state index contributed by atoms with van der Waals surface area (Å²) in [5, 5.41) is 9.73. The maximum atomic E-state index is 12.3. The predicted octanol–water partition coefficient (Wildman–Crippen LogP) is 4.69. The normalized spacial score (nSPS) is 11.0. The van der Waals surface area contributed by atoms with Crippen LogP contribution in [0, 0.1) is 13.8 Å². The molecule has 0 radical (unpaired) electrons. The van der Waals surface area contributed by atoms with Crippen molar-refractivity contribution in [1.29, 1.82) is 0 Å². The minimum atomic E-state index is -0.0872. The summed E-state index contributed by atoms with van der Waals surface area (Å²) in [5.41, 5.74) is 4.61. The lowest BCUT2D eigenvalue weighted by Gasteiger charge is -2.05. The van der Waals surface area contributed by atoms with Gasteiger partial charge in [0.25, 0.3) is 0 Å². The maximum absolute atomic E-state index is 12.3. The van der Waals surface area contributed by atoms with Gasteiger partial charge in [0.05, 0.1) is 0 Å². The van der Waals surface area contributed by atoms with Crippen molar-refractivity contribution in [2.45, 2.75) is 20.3 Å². The third kappa shape index (κ3) is 3.99. The number of hydrogen-bond donors (Lipinski definition) is 1. The van der Waals surface area contributed by atoms with E-state index in [1.54, 1.807) is 24.3 Å². The minimum absolute atomic E-state index is 0.0872. The molecular weight excluding hydrogens is 296 g/mol. The second-order valence-corrected chi connectivity index (χ2v) is 5.72. The number of allylic oxidation sites excluding steroid dienone is 1. The standard InChI is InChI=1S/C19H19ClO2/c1-13-3-4-15(14(2)11-13)5-7-18(21)16-6-8-19(22)17(12-16)9-10-20/h3-8,11-12,22H,9-10H2,1-2H3. The van der Waals surface area contributed by atoms with Crippen molar-refractivity contribution in [3.05, 3.63) is 70.3 Å². The molecule has 0 atom stereocenters. The van der Waals surface area contributed by atoms with Crippen molar-refractivity contribution < 1.29 is 9.90 Å². The Morgan fingerprint density at radius 3 is 2.64 bits per heavy atom. The molecule has 0 aromatic heterocycles. The second kappa shape index (κ2) is 7.28. The maximum Gasteiger partial charge on any atom is 0.185 e. The minimum Gasteiger partial charge on any atom is -0.508 e. The number of carbonyl (C=O) groups excluding carboxylic acids is 1. The zero-order chi connectivity index (χ0) is 16.1. The molecule has 3 heteroatoms. The van der Waals surface area contributed by atoms with Gasteiger partial charge >= 0.3 is 0 Å². The van der Waals surface area contributed by atoms with Crippen LogP contribution in [0.1, 0.15) is 32.6 Å². The first-order valence-electron chi connectivity index (χ1n) is 7.19. The summed E-state index contributed by atoms with van der Waals surface area (Å²) in [6.07, 6.45) is 3.93. The van der Waals surface area contributed by atoms with Crippen LogP contribution in [0.3, 0.4) is 0 Å². The van der Waals surface area contributed by atoms with Crippen molar-refractivity contribution in [1.82, 2.24) is 0 Å². The van der Waals surface area contributed by atoms with E-state index in [-0.39, 0.29) is 11.5 Å². The molecule has 0 spiro atoms. The number of hydrogen-bond acceptors (Lipinski definition) is 2. The first kappa shape index (κ1) is 16.3. The third-order valence-corrected chi connectivity index (χ3v) is 3.76. The van der Waals surface area contributed by atoms with Crippen molar-refractivity contribution >= 4 is 23.5 Å². The molecule has 0 saturated heterocycles. The SMILES string of the molecule is Cc1ccc(C=CC(=O)c2ccc(O)c(CCCl)c2)c(C)c1. The number of aryl methyl sites for hydroxylation is 3. The van der Waals surface area contributed by atoms with Gasteiger partial charge in [-0.25, -0.2) is 0 Å². The van der Waals surface area contributed by atoms with Crippen LogP contribution < -0.4 is 0 Å². The Morgan fingerprint density at radius 2 is 1.95 bits per heavy atom. The molecule has 2 rings (SSSR count). The average Bonchev–Trinajstić information content (AvgIpc) is 2.48. The fraction of sp³-hybridized carbons (Fsp3) is 0.211. The predicted molar refractivity (Wildman–Crippen MR) is 91.8 cm³/mol. The fourth-order valence-electron chi connectivity index (χ4n) is 2.32. The highest BCUT2D eigenvalue weighted by molar-refractivity contribution is 6.18. The lowest BCUT2D eigenvalue weighted by molar-refractivity contribution is 0.104. The summed E-state index contributed by atoms with van der Waals surface area (Å²) in [5.74, 6) is 0.496. The van der Waals surface area contributed by atoms with Gasteiger partial charge in [-0.2, -0.15) is 0 Å². The Morgan fingerprint density at radius 1 is 1.18 bits per heavy atom. The number of benzene rings is 2. The van der Waals surface area contributed by atoms with Gasteiger partial charge in [-0.3, -0.25) is 4.79 Å². The van der Waals surface area contributed by atoms with E-state index in [9.17, 15) is 9.90 Å². The van der Waals surface area contributed by atoms with Gasteiger partial charge in [0, 0.05) is 11.4 Å². The number of phenolic OH excluding ortho intramolecular Hbond substituents is 1. The topological polar surface area (TPSA) is 37.3 Å². The summed E-state index contributed by atoms with van der Waals surface area (Å²) < 4.78 is 0. The average molecular weight is 315 g/mol. The van der Waals surface area contributed by atoms with Crippen LogP contribution >= 0.6 is 11.6 Å². The molecule has 0 heterocycles. The van der Waals surface area contributed by atoms with E-state index in [2.05, 4.69) is 6.07 Å². The first-order chi connectivity index (χ1) is 10.5. The van der Waals surface area contributed by atoms with Gasteiger partial charge in [0.1, 0.15) is 5.75 Å². The number of alkyl halides is 1. The molecular formula is C19H19ClO2. The monoisotopic (exact) mass is 314 g/mol. The van der Waals surface area contributed by atoms with E-state index in [1.807, 2.05) is 32.1 Å². The quantitative estimate of drug-likeness (QED) is 0.494. The van der Waals surface area contributed by atoms with E-state index in [4.69, 9.17) is 11.6 Å². The van der Waals surface area contributed by atoms with Gasteiger partial charge in [0.2, 0.25) is 0 Å². The van der Waals surface area contributed by atoms with Crippen molar-refractivity contribution in [2.24, 2.45) is 0 Å². The van der Waals surface area contributed by atoms with E-state index in [0.29, 0.717) is 23.4 Å². The summed E-state index contributed by atoms with van der Waals surface area (Å²) >= 11 is 5.70. The number of phenols is 1. The highest BCUT2D eigenvalue weighted by Crippen LogP contribution is 2.20. The highest BCUT2D eigenvalue weighted by Gasteiger charge is 2.07. The molecule has 2 aromatic carbocycles. The van der Waals surface area contributed by atoms with Gasteiger partial charge in [-0.15, -0.1) is 11.6 Å². The molecule has 0 aliphatic heterocycles. The van der Waals surface area contributed by atoms with Crippen molar-refractivity contribution in [2.75, 3.05) is 5.88 Å². The van der Waals surface area contributed by atoms with E-state index in [1.165, 1.54) is 5.56 Å². The molecule has 0 bridgehead atoms. The van der Waals surface area contributed by atoms with Crippen LogP contribution in [0.15, 0.2) is 42.5 Å². The van der Waals surface area contributed by atoms with Gasteiger partial charge in [0.15, 0.2) is 5.78 Å². The third-order valence-electron chi connectivity index (χ3n) is 3.57. The molecule has 0 aliphatic rings. The molecule has 1 N–H and O–H groups in total. The zero-order valence-corrected chi connectivity index (χ0v) is 13.5. The second-order valence-electron chi connectivity index (χ2n) is 5.34. The lowest BCUT2D eigenvalue weighted by atomic mass is 10.0. The summed E-state index contributed by atoms with van der Waals surface area (Å²) in [4.78, 5) is 12.3. The van der Waals surface area contributed by atoms with Crippen molar-refractivity contribution in [3.8, 4) is 5.75 Å². The van der Waals surface area contributed by atoms with Gasteiger partial charge in [-0.1, -0.05) is 29.8 Å². The molecule has 2 nitrogen and oxygen atoms in total. The summed E-state index contributed by atoms with van der Waals surface area (Å²) in [7, 11) is 0. The number of ketones is 1. The highest BCUT2D eigenvalue weighted by atomic mass is 35.5. The van der Waals surface area contributed by atoms with E-state index in [0.717, 1.165) is 11.1 Å². The van der Waals surface area contributed by atoms with Crippen LogP contribution in [0.2, 0.25) is 0 Å². The van der Waals surface area contributed by atoms with Crippen LogP contribution in [0.25, 0.3) is 6.08 Å². The molecule has 0 fully saturated rings. The molecule has 0 unspecified atom stereocenters. The van der Waals surface area contributed by atoms with Gasteiger partial charge < -0.3 is 5.11 Å². The van der Waals surface area contributed by atoms with Crippen LogP contribution in [0.4, 0.5) is 0 Å². The number of halogens is 1. The van der Waals surface area contributed by atoms with Crippen molar-refractivity contribution in [3.63, 3.8) is 0 Å². The van der Waals surface area contributed by atoms with E-state index >= 15 is 0 Å². The molecule has 22 heavy (non-hydrogen) atoms. The van der Waals surface area contributed by atoms with Crippen LogP contribution in [0.5, 0.6) is 5.75 Å². The van der Waals surface area contributed by atoms with E-state index < -0.39 is 0 Å². The molecule has 0 amide bonds. The molecule has 114 valence electrons. The molecule has 0 saturated carbocycles. The molecule has 0 aliphatic carbocycles. The Balaban J connectivity index is 2.21. The number of rotatable bonds is 5. The van der Waals surface area contributed by atoms with Crippen LogP contribution in [-0.4, -0.2) is 16.8 Å². The summed E-state index contributed by atoms with van der Waals surface area (Å²) in [6.45, 7) is 4.07. The smallest absolute Gasteiger partial charge is 0.185 e. The fourth-order valence-corrected chi connectivity index (χ4v) is 2.52. The first-order valence-corrected chi connectivity index (χ1v) is 7.72. The lowest BCUT2D eigenvalue weighted by Crippen LogP contribution is -1.97. The zero-order valence-electron chi connectivity index (χ0n) is 12.8. The number of aromatic hydroxyl groups is 1. The molecule has 2 aromatic rings. The Kier molecular flexibility index (Phi) is 5.40. The summed E-state index contributed by atoms with van der Waals surface area (Å²) in [6, 6.07) is 11.0. The van der Waals surface area contributed by atoms with Crippen LogP contribution in [-0.2, 0) is 6.42 Å².